The maximum atomic E-state index is 13.5. The number of amides is 1. The van der Waals surface area contributed by atoms with Crippen molar-refractivity contribution in [3.05, 3.63) is 10.6 Å². The average Bonchev–Trinajstić information content (AvgIpc) is 2.69. The molecule has 1 aromatic rings. The average molecular weight is 334 g/mol. The molecule has 0 aromatic carbocycles. The van der Waals surface area contributed by atoms with Crippen molar-refractivity contribution in [3.8, 4) is 0 Å². The van der Waals surface area contributed by atoms with Crippen LogP contribution in [0.2, 0.25) is 0 Å². The van der Waals surface area contributed by atoms with E-state index in [9.17, 15) is 18.4 Å². The molecule has 1 amide bonds. The molecule has 0 saturated heterocycles. The predicted octanol–water partition coefficient (Wildman–Crippen LogP) is 3.16. The second kappa shape index (κ2) is 4.87. The Morgan fingerprint density at radius 3 is 2.36 bits per heavy atom. The number of alkyl halides is 2. The molecule has 1 fully saturated rings. The van der Waals surface area contributed by atoms with Crippen LogP contribution in [-0.4, -0.2) is 33.7 Å². The molecule has 0 aliphatic heterocycles. The van der Waals surface area contributed by atoms with Gasteiger partial charge in [0, 0.05) is 6.42 Å². The summed E-state index contributed by atoms with van der Waals surface area (Å²) in [5.74, 6) is -4.90. The van der Waals surface area contributed by atoms with Crippen molar-refractivity contribution in [2.24, 2.45) is 0 Å². The second-order valence-corrected chi connectivity index (χ2v) is 7.15. The van der Waals surface area contributed by atoms with Crippen LogP contribution in [-0.2, 0) is 14.9 Å². The molecule has 0 radical (unpaired) electrons. The number of hydrogen-bond donors (Lipinski definition) is 2. The molecule has 0 spiro atoms. The molecule has 9 heteroatoms. The molecule has 2 rings (SSSR count). The Kier molecular flexibility index (Phi) is 3.67. The SMILES string of the molecule is Cc1nc(NC(=O)OC(C)(C)C)sc1C1(C(=O)O)CC1(F)F. The highest BCUT2D eigenvalue weighted by Gasteiger charge is 2.78. The number of anilines is 1. The van der Waals surface area contributed by atoms with Crippen LogP contribution in [0.3, 0.4) is 0 Å². The number of aryl methyl sites for hydroxylation is 1. The smallest absolute Gasteiger partial charge is 0.413 e. The lowest BCUT2D eigenvalue weighted by molar-refractivity contribution is -0.142. The van der Waals surface area contributed by atoms with Gasteiger partial charge in [-0.15, -0.1) is 0 Å². The molecule has 122 valence electrons. The molecule has 1 atom stereocenters. The Morgan fingerprint density at radius 2 is 1.95 bits per heavy atom. The highest BCUT2D eigenvalue weighted by Crippen LogP contribution is 2.63. The Morgan fingerprint density at radius 1 is 1.41 bits per heavy atom. The zero-order valence-corrected chi connectivity index (χ0v) is 13.3. The number of halogens is 2. The number of hydrogen-bond acceptors (Lipinski definition) is 5. The molecule has 1 aliphatic carbocycles. The van der Waals surface area contributed by atoms with Crippen LogP contribution in [0, 0.1) is 6.92 Å². The van der Waals surface area contributed by atoms with Crippen LogP contribution in [0.5, 0.6) is 0 Å². The molecule has 1 aliphatic rings. The summed E-state index contributed by atoms with van der Waals surface area (Å²) in [6, 6.07) is 0. The molecular weight excluding hydrogens is 318 g/mol. The van der Waals surface area contributed by atoms with E-state index in [1.807, 2.05) is 0 Å². The fraction of sp³-hybridized carbons (Fsp3) is 0.615. The zero-order chi connectivity index (χ0) is 16.9. The standard InChI is InChI=1S/C13H16F2N2O4S/c1-6-7(12(8(18)19)5-13(12,14)15)22-9(16-6)17-10(20)21-11(2,3)4/h5H2,1-4H3,(H,18,19)(H,16,17,20). The molecule has 6 nitrogen and oxygen atoms in total. The zero-order valence-electron chi connectivity index (χ0n) is 12.5. The number of carbonyl (C=O) groups excluding carboxylic acids is 1. The van der Waals surface area contributed by atoms with E-state index in [0.29, 0.717) is 0 Å². The number of nitrogens with zero attached hydrogens (tertiary/aromatic N) is 1. The topological polar surface area (TPSA) is 88.5 Å². The van der Waals surface area contributed by atoms with E-state index in [0.717, 1.165) is 11.3 Å². The first-order valence-corrected chi connectivity index (χ1v) is 7.30. The molecule has 0 bridgehead atoms. The van der Waals surface area contributed by atoms with Gasteiger partial charge in [-0.25, -0.2) is 18.6 Å². The van der Waals surface area contributed by atoms with Crippen LogP contribution in [0.1, 0.15) is 37.8 Å². The number of carboxylic acids is 1. The van der Waals surface area contributed by atoms with E-state index in [-0.39, 0.29) is 15.7 Å². The first-order valence-electron chi connectivity index (χ1n) is 6.48. The third-order valence-electron chi connectivity index (χ3n) is 3.14. The molecule has 22 heavy (non-hydrogen) atoms. The van der Waals surface area contributed by atoms with Crippen molar-refractivity contribution in [1.29, 1.82) is 0 Å². The molecule has 1 saturated carbocycles. The molecule has 1 heterocycles. The number of ether oxygens (including phenoxy) is 1. The van der Waals surface area contributed by atoms with E-state index >= 15 is 0 Å². The molecule has 1 aromatic heterocycles. The van der Waals surface area contributed by atoms with Crippen LogP contribution in [0.4, 0.5) is 18.7 Å². The van der Waals surface area contributed by atoms with Gasteiger partial charge in [0.25, 0.3) is 5.92 Å². The van der Waals surface area contributed by atoms with E-state index < -0.39 is 35.4 Å². The van der Waals surface area contributed by atoms with Gasteiger partial charge in [0.15, 0.2) is 10.5 Å². The Hall–Kier alpha value is -1.77. The van der Waals surface area contributed by atoms with Crippen molar-refractivity contribution < 1.29 is 28.2 Å². The fourth-order valence-corrected chi connectivity index (χ4v) is 3.29. The van der Waals surface area contributed by atoms with Gasteiger partial charge in [0.2, 0.25) is 0 Å². The summed E-state index contributed by atoms with van der Waals surface area (Å²) in [5, 5.41) is 11.5. The largest absolute Gasteiger partial charge is 0.480 e. The number of carboxylic acid groups (broad SMARTS) is 1. The van der Waals surface area contributed by atoms with E-state index in [1.165, 1.54) is 6.92 Å². The summed E-state index contributed by atoms with van der Waals surface area (Å²) in [4.78, 5) is 26.8. The normalized spacial score (nSPS) is 23.0. The molecule has 2 N–H and O–H groups in total. The minimum Gasteiger partial charge on any atom is -0.480 e. The highest BCUT2D eigenvalue weighted by atomic mass is 32.1. The maximum absolute atomic E-state index is 13.5. The van der Waals surface area contributed by atoms with E-state index in [4.69, 9.17) is 9.84 Å². The fourth-order valence-electron chi connectivity index (χ4n) is 2.10. The van der Waals surface area contributed by atoms with Crippen LogP contribution in [0.25, 0.3) is 0 Å². The summed E-state index contributed by atoms with van der Waals surface area (Å²) < 4.78 is 32.1. The maximum Gasteiger partial charge on any atom is 0.413 e. The number of aromatic nitrogens is 1. The number of nitrogens with one attached hydrogen (secondary N) is 1. The van der Waals surface area contributed by atoms with Crippen molar-refractivity contribution in [2.45, 2.75) is 51.1 Å². The van der Waals surface area contributed by atoms with Crippen molar-refractivity contribution >= 4 is 28.5 Å². The van der Waals surface area contributed by atoms with Gasteiger partial charge in [0.1, 0.15) is 5.60 Å². The van der Waals surface area contributed by atoms with Crippen LogP contribution < -0.4 is 5.32 Å². The van der Waals surface area contributed by atoms with Gasteiger partial charge < -0.3 is 9.84 Å². The van der Waals surface area contributed by atoms with Crippen LogP contribution >= 0.6 is 11.3 Å². The van der Waals surface area contributed by atoms with Crippen molar-refractivity contribution in [1.82, 2.24) is 4.98 Å². The van der Waals surface area contributed by atoms with Gasteiger partial charge in [-0.1, -0.05) is 11.3 Å². The summed E-state index contributed by atoms with van der Waals surface area (Å²) in [5.41, 5.74) is -2.79. The first kappa shape index (κ1) is 16.6. The van der Waals surface area contributed by atoms with Gasteiger partial charge in [-0.2, -0.15) is 0 Å². The lowest BCUT2D eigenvalue weighted by atomic mass is 10.0. The van der Waals surface area contributed by atoms with Gasteiger partial charge >= 0.3 is 12.1 Å². The van der Waals surface area contributed by atoms with Gasteiger partial charge in [-0.3, -0.25) is 10.1 Å². The summed E-state index contributed by atoms with van der Waals surface area (Å²) >= 11 is 0.730. The minimum atomic E-state index is -3.31. The van der Waals surface area contributed by atoms with Crippen molar-refractivity contribution in [2.75, 3.05) is 5.32 Å². The Balaban J connectivity index is 2.23. The predicted molar refractivity (Wildman–Crippen MR) is 75.6 cm³/mol. The van der Waals surface area contributed by atoms with E-state index in [2.05, 4.69) is 10.3 Å². The highest BCUT2D eigenvalue weighted by molar-refractivity contribution is 7.16. The Bertz CT molecular complexity index is 638. The van der Waals surface area contributed by atoms with Crippen molar-refractivity contribution in [3.63, 3.8) is 0 Å². The lowest BCUT2D eigenvalue weighted by Crippen LogP contribution is -2.27. The number of thiazole rings is 1. The number of carbonyl (C=O) groups is 2. The van der Waals surface area contributed by atoms with Gasteiger partial charge in [0.05, 0.1) is 10.6 Å². The summed E-state index contributed by atoms with van der Waals surface area (Å²) in [7, 11) is 0. The molecule has 1 unspecified atom stereocenters. The second-order valence-electron chi connectivity index (χ2n) is 6.15. The van der Waals surface area contributed by atoms with Crippen LogP contribution in [0.15, 0.2) is 0 Å². The number of rotatable bonds is 3. The van der Waals surface area contributed by atoms with E-state index in [1.54, 1.807) is 20.8 Å². The number of aliphatic carboxylic acids is 1. The minimum absolute atomic E-state index is 0.0325. The third kappa shape index (κ3) is 2.77. The quantitative estimate of drug-likeness (QED) is 0.886. The lowest BCUT2D eigenvalue weighted by Gasteiger charge is -2.18. The first-order chi connectivity index (χ1) is 9.89. The molecular formula is C13H16F2N2O4S. The van der Waals surface area contributed by atoms with Gasteiger partial charge in [-0.05, 0) is 27.7 Å². The summed E-state index contributed by atoms with van der Waals surface area (Å²) in [6.45, 7) is 6.46. The third-order valence-corrected chi connectivity index (χ3v) is 4.38. The summed E-state index contributed by atoms with van der Waals surface area (Å²) in [6.07, 6.45) is -1.54. The monoisotopic (exact) mass is 334 g/mol. The Labute approximate surface area is 129 Å².